The molecule has 0 saturated heterocycles. The van der Waals surface area contributed by atoms with E-state index < -0.39 is 0 Å². The number of hydrogen-bond donors (Lipinski definition) is 0. The van der Waals surface area contributed by atoms with E-state index in [4.69, 9.17) is 0 Å². The number of aromatic nitrogens is 1. The lowest BCUT2D eigenvalue weighted by Gasteiger charge is -2.29. The Morgan fingerprint density at radius 3 is 0.914 bits per heavy atom. The second kappa shape index (κ2) is 17.8. The van der Waals surface area contributed by atoms with Crippen molar-refractivity contribution in [1.29, 1.82) is 0 Å². The van der Waals surface area contributed by atoms with Gasteiger partial charge in [-0.15, -0.1) is 0 Å². The molecular formula is C67H73N3. The summed E-state index contributed by atoms with van der Waals surface area (Å²) < 4.78 is 2.51. The van der Waals surface area contributed by atoms with E-state index in [0.717, 1.165) is 45.2 Å². The van der Waals surface area contributed by atoms with Crippen molar-refractivity contribution in [1.82, 2.24) is 4.57 Å². The van der Waals surface area contributed by atoms with Crippen molar-refractivity contribution in [3.8, 4) is 5.69 Å². The topological polar surface area (TPSA) is 11.4 Å². The molecule has 3 nitrogen and oxygen atoms in total. The molecule has 0 saturated carbocycles. The second-order valence-electron chi connectivity index (χ2n) is 24.1. The van der Waals surface area contributed by atoms with Crippen molar-refractivity contribution in [2.45, 2.75) is 124 Å². The lowest BCUT2D eigenvalue weighted by Crippen LogP contribution is -2.21. The highest BCUT2D eigenvalue weighted by Gasteiger charge is 2.29. The Kier molecular flexibility index (Phi) is 12.3. The van der Waals surface area contributed by atoms with Crippen LogP contribution in [0.2, 0.25) is 0 Å². The predicted molar refractivity (Wildman–Crippen MR) is 304 cm³/mol. The van der Waals surface area contributed by atoms with Crippen LogP contribution in [0.15, 0.2) is 188 Å². The van der Waals surface area contributed by atoms with E-state index >= 15 is 0 Å². The zero-order valence-electron chi connectivity index (χ0n) is 44.2. The summed E-state index contributed by atoms with van der Waals surface area (Å²) in [6.45, 7) is 32.1. The normalized spacial score (nSPS) is 12.7. The Bertz CT molecular complexity index is 2980. The molecular weight excluding hydrogens is 847 g/mol. The van der Waals surface area contributed by atoms with Gasteiger partial charge >= 0.3 is 0 Å². The lowest BCUT2D eigenvalue weighted by molar-refractivity contribution is 0.590. The molecule has 9 rings (SSSR count). The van der Waals surface area contributed by atoms with E-state index in [0.29, 0.717) is 0 Å². The van der Waals surface area contributed by atoms with Gasteiger partial charge in [-0.2, -0.15) is 0 Å². The van der Waals surface area contributed by atoms with Gasteiger partial charge in [0.2, 0.25) is 0 Å². The first-order valence-corrected chi connectivity index (χ1v) is 25.3. The maximum Gasteiger partial charge on any atom is 0.0542 e. The summed E-state index contributed by atoms with van der Waals surface area (Å²) >= 11 is 0. The van der Waals surface area contributed by atoms with Gasteiger partial charge in [0.1, 0.15) is 0 Å². The Labute approximate surface area is 419 Å². The van der Waals surface area contributed by atoms with E-state index in [1.54, 1.807) is 0 Å². The fourth-order valence-corrected chi connectivity index (χ4v) is 10.1. The van der Waals surface area contributed by atoms with Crippen LogP contribution in [0.3, 0.4) is 0 Å². The summed E-state index contributed by atoms with van der Waals surface area (Å²) in [7, 11) is 0. The van der Waals surface area contributed by atoms with Crippen molar-refractivity contribution in [3.05, 3.63) is 221 Å². The summed E-state index contributed by atoms with van der Waals surface area (Å²) in [6, 6.07) is 70.8. The Morgan fingerprint density at radius 1 is 0.286 bits per heavy atom. The first-order chi connectivity index (χ1) is 33.0. The first-order valence-electron chi connectivity index (χ1n) is 25.3. The van der Waals surface area contributed by atoms with Crippen molar-refractivity contribution in [2.24, 2.45) is 0 Å². The van der Waals surface area contributed by atoms with Crippen molar-refractivity contribution in [3.63, 3.8) is 0 Å². The maximum atomic E-state index is 2.51. The molecule has 0 aliphatic heterocycles. The van der Waals surface area contributed by atoms with Gasteiger partial charge in [-0.05, 0) is 146 Å². The zero-order chi connectivity index (χ0) is 50.0. The fourth-order valence-electron chi connectivity index (χ4n) is 10.1. The number of hydrogen-bond acceptors (Lipinski definition) is 2. The molecule has 0 spiro atoms. The zero-order valence-corrected chi connectivity index (χ0v) is 44.2. The molecule has 0 bridgehead atoms. The highest BCUT2D eigenvalue weighted by Crippen LogP contribution is 2.46. The van der Waals surface area contributed by atoms with Crippen LogP contribution < -0.4 is 9.80 Å². The third kappa shape index (κ3) is 9.31. The standard InChI is InChI=1S/C67H73N3/c1-63(2,3)46-24-32-51(33-25-46)68(52-34-26-47(27-35-52)64(4,5)6)55-40-42-60-57(44-55)58-45-56(41-43-61(58)70(60)62-23-19-18-22-59(62)67(13,14)50-20-16-15-17-21-50)69(53-36-28-48(29-37-53)65(7,8)9)54-38-30-49(31-39-54)66(10,11)12/h15-45H,1-14H3. The molecule has 0 radical (unpaired) electrons. The molecule has 0 atom stereocenters. The van der Waals surface area contributed by atoms with Gasteiger partial charge < -0.3 is 14.4 Å². The molecule has 0 fully saturated rings. The van der Waals surface area contributed by atoms with Crippen molar-refractivity contribution in [2.75, 3.05) is 9.80 Å². The quantitative estimate of drug-likeness (QED) is 0.143. The van der Waals surface area contributed by atoms with Gasteiger partial charge in [0.25, 0.3) is 0 Å². The maximum absolute atomic E-state index is 2.51. The molecule has 0 aliphatic rings. The van der Waals surface area contributed by atoms with E-state index in [9.17, 15) is 0 Å². The molecule has 8 aromatic carbocycles. The SMILES string of the molecule is CC(C)(C)c1ccc(N(c2ccc(C(C)(C)C)cc2)c2ccc3c(c2)c2cc(N(c4ccc(C(C)(C)C)cc4)c4ccc(C(C)(C)C)cc4)ccc2n3-c2ccccc2C(C)(C)c2ccccc2)cc1. The number of nitrogens with zero attached hydrogens (tertiary/aromatic N) is 3. The number of para-hydroxylation sites is 1. The molecule has 1 heterocycles. The monoisotopic (exact) mass is 920 g/mol. The summed E-state index contributed by atoms with van der Waals surface area (Å²) in [4.78, 5) is 4.86. The Morgan fingerprint density at radius 2 is 0.586 bits per heavy atom. The van der Waals surface area contributed by atoms with Crippen molar-refractivity contribution < 1.29 is 0 Å². The largest absolute Gasteiger partial charge is 0.310 e. The van der Waals surface area contributed by atoms with Crippen LogP contribution in [0.4, 0.5) is 34.1 Å². The van der Waals surface area contributed by atoms with Gasteiger partial charge in [0.05, 0.1) is 16.7 Å². The first kappa shape index (κ1) is 48.2. The van der Waals surface area contributed by atoms with Gasteiger partial charge in [-0.25, -0.2) is 0 Å². The lowest BCUT2D eigenvalue weighted by atomic mass is 9.77. The second-order valence-corrected chi connectivity index (χ2v) is 24.1. The third-order valence-electron chi connectivity index (χ3n) is 14.5. The average Bonchev–Trinajstić information content (AvgIpc) is 3.64. The molecule has 0 amide bonds. The van der Waals surface area contributed by atoms with Gasteiger partial charge in [0.15, 0.2) is 0 Å². The molecule has 0 aliphatic carbocycles. The fraction of sp³-hybridized carbons (Fsp3) is 0.284. The molecule has 356 valence electrons. The van der Waals surface area contributed by atoms with Crippen molar-refractivity contribution >= 4 is 55.9 Å². The van der Waals surface area contributed by atoms with E-state index in [2.05, 4.69) is 299 Å². The highest BCUT2D eigenvalue weighted by atomic mass is 15.1. The molecule has 3 heteroatoms. The smallest absolute Gasteiger partial charge is 0.0542 e. The summed E-state index contributed by atoms with van der Waals surface area (Å²) in [5.41, 5.74) is 17.9. The predicted octanol–water partition coefficient (Wildman–Crippen LogP) is 19.2. The van der Waals surface area contributed by atoms with Gasteiger partial charge in [-0.1, -0.05) is 194 Å². The van der Waals surface area contributed by atoms with Gasteiger partial charge in [-0.3, -0.25) is 0 Å². The molecule has 0 N–H and O–H groups in total. The summed E-state index contributed by atoms with van der Waals surface area (Å²) in [6.07, 6.45) is 0. The third-order valence-corrected chi connectivity index (χ3v) is 14.5. The molecule has 1 aromatic heterocycles. The minimum absolute atomic E-state index is 0.0404. The minimum Gasteiger partial charge on any atom is -0.310 e. The summed E-state index contributed by atoms with van der Waals surface area (Å²) in [5, 5.41) is 2.38. The highest BCUT2D eigenvalue weighted by molar-refractivity contribution is 6.12. The number of fused-ring (bicyclic) bond motifs is 3. The van der Waals surface area contributed by atoms with E-state index in [1.807, 2.05) is 0 Å². The van der Waals surface area contributed by atoms with E-state index in [1.165, 1.54) is 49.8 Å². The number of anilines is 6. The van der Waals surface area contributed by atoms with Crippen LogP contribution in [-0.4, -0.2) is 4.57 Å². The van der Waals surface area contributed by atoms with Crippen LogP contribution in [0.25, 0.3) is 27.5 Å². The number of benzene rings is 8. The summed E-state index contributed by atoms with van der Waals surface area (Å²) in [5.74, 6) is 0. The van der Waals surface area contributed by atoms with Crippen LogP contribution in [0.1, 0.15) is 130 Å². The van der Waals surface area contributed by atoms with Crippen LogP contribution in [0, 0.1) is 0 Å². The van der Waals surface area contributed by atoms with Gasteiger partial charge in [0, 0.05) is 50.3 Å². The van der Waals surface area contributed by atoms with Crippen LogP contribution in [-0.2, 0) is 27.1 Å². The van der Waals surface area contributed by atoms with E-state index in [-0.39, 0.29) is 27.1 Å². The molecule has 70 heavy (non-hydrogen) atoms. The molecule has 0 unspecified atom stereocenters. The Balaban J connectivity index is 1.32. The number of rotatable bonds is 9. The van der Waals surface area contributed by atoms with Crippen LogP contribution >= 0.6 is 0 Å². The van der Waals surface area contributed by atoms with Crippen LogP contribution in [0.5, 0.6) is 0 Å². The minimum atomic E-state index is -0.273. The molecule has 9 aromatic rings. The Hall–Kier alpha value is -6.84. The average molecular weight is 920 g/mol.